The Balaban J connectivity index is 2.84. The molecule has 0 saturated carbocycles. The van der Waals surface area contributed by atoms with Crippen LogP contribution in [0, 0.1) is 0 Å². The summed E-state index contributed by atoms with van der Waals surface area (Å²) in [5.74, 6) is -1.14. The van der Waals surface area contributed by atoms with Gasteiger partial charge >= 0.3 is 0 Å². The van der Waals surface area contributed by atoms with E-state index in [1.54, 1.807) is 6.20 Å². The van der Waals surface area contributed by atoms with Crippen LogP contribution in [0.5, 0.6) is 0 Å². The van der Waals surface area contributed by atoms with Crippen molar-refractivity contribution in [3.63, 3.8) is 0 Å². The third-order valence-electron chi connectivity index (χ3n) is 1.31. The summed E-state index contributed by atoms with van der Waals surface area (Å²) in [7, 11) is 0. The largest absolute Gasteiger partial charge is 0.548 e. The first-order valence-corrected chi connectivity index (χ1v) is 3.81. The highest BCUT2D eigenvalue weighted by Gasteiger charge is 2.05. The Morgan fingerprint density at radius 1 is 1.91 bits per heavy atom. The standard InChI is InChI=1S/C6H7BrN2O2/c1-4(6(10)11)9-3-5(7)2-8-9/h2-4H,1H3,(H,10,11)/p-1/t4-/m0/s1. The number of rotatable bonds is 2. The molecule has 0 radical (unpaired) electrons. The van der Waals surface area contributed by atoms with E-state index in [0.29, 0.717) is 0 Å². The van der Waals surface area contributed by atoms with Crippen molar-refractivity contribution in [1.29, 1.82) is 0 Å². The van der Waals surface area contributed by atoms with Gasteiger partial charge in [0.25, 0.3) is 0 Å². The lowest BCUT2D eigenvalue weighted by molar-refractivity contribution is -0.310. The number of hydrogen-bond donors (Lipinski definition) is 0. The first-order chi connectivity index (χ1) is 5.11. The molecule has 0 fully saturated rings. The maximum absolute atomic E-state index is 10.3. The second-order valence-electron chi connectivity index (χ2n) is 2.13. The Morgan fingerprint density at radius 3 is 2.91 bits per heavy atom. The maximum Gasteiger partial charge on any atom is 0.0884 e. The van der Waals surface area contributed by atoms with Crippen molar-refractivity contribution in [2.75, 3.05) is 0 Å². The van der Waals surface area contributed by atoms with Gasteiger partial charge in [0.15, 0.2) is 0 Å². The molecule has 1 aromatic rings. The molecule has 1 heterocycles. The minimum absolute atomic E-state index is 0.721. The summed E-state index contributed by atoms with van der Waals surface area (Å²) in [6, 6.07) is -0.721. The van der Waals surface area contributed by atoms with E-state index >= 15 is 0 Å². The molecule has 0 unspecified atom stereocenters. The molecule has 60 valence electrons. The number of hydrogen-bond acceptors (Lipinski definition) is 3. The van der Waals surface area contributed by atoms with Gasteiger partial charge in [-0.15, -0.1) is 0 Å². The van der Waals surface area contributed by atoms with Crippen molar-refractivity contribution in [2.24, 2.45) is 0 Å². The fourth-order valence-electron chi connectivity index (χ4n) is 0.635. The molecule has 11 heavy (non-hydrogen) atoms. The van der Waals surface area contributed by atoms with Crippen LogP contribution in [0.1, 0.15) is 13.0 Å². The number of halogens is 1. The smallest absolute Gasteiger partial charge is 0.0884 e. The summed E-state index contributed by atoms with van der Waals surface area (Å²) in [6.45, 7) is 1.51. The number of carbonyl (C=O) groups excluding carboxylic acids is 1. The minimum Gasteiger partial charge on any atom is -0.548 e. The zero-order valence-electron chi connectivity index (χ0n) is 5.82. The summed E-state index contributed by atoms with van der Waals surface area (Å²) >= 11 is 3.15. The molecule has 0 N–H and O–H groups in total. The van der Waals surface area contributed by atoms with E-state index in [1.807, 2.05) is 0 Å². The zero-order chi connectivity index (χ0) is 8.43. The molecule has 0 aliphatic heterocycles. The van der Waals surface area contributed by atoms with E-state index in [-0.39, 0.29) is 0 Å². The molecule has 5 heteroatoms. The van der Waals surface area contributed by atoms with Gasteiger partial charge in [-0.25, -0.2) is 0 Å². The third kappa shape index (κ3) is 1.80. The molecule has 0 saturated heterocycles. The summed E-state index contributed by atoms with van der Waals surface area (Å²) in [5.41, 5.74) is 0. The second kappa shape index (κ2) is 3.04. The highest BCUT2D eigenvalue weighted by atomic mass is 79.9. The van der Waals surface area contributed by atoms with Crippen LogP contribution in [0.2, 0.25) is 0 Å². The molecule has 0 aromatic carbocycles. The third-order valence-corrected chi connectivity index (χ3v) is 1.72. The minimum atomic E-state index is -1.14. The first kappa shape index (κ1) is 8.26. The Hall–Kier alpha value is -0.840. The van der Waals surface area contributed by atoms with Crippen LogP contribution >= 0.6 is 15.9 Å². The molecule has 0 bridgehead atoms. The molecule has 1 atom stereocenters. The lowest BCUT2D eigenvalue weighted by Crippen LogP contribution is -2.31. The quantitative estimate of drug-likeness (QED) is 0.699. The zero-order valence-corrected chi connectivity index (χ0v) is 7.41. The normalized spacial score (nSPS) is 12.9. The molecular formula is C6H6BrN2O2-. The van der Waals surface area contributed by atoms with E-state index in [9.17, 15) is 9.90 Å². The number of aliphatic carboxylic acids is 1. The van der Waals surface area contributed by atoms with Crippen LogP contribution in [0.4, 0.5) is 0 Å². The van der Waals surface area contributed by atoms with Crippen LogP contribution in [-0.2, 0) is 4.79 Å². The highest BCUT2D eigenvalue weighted by Crippen LogP contribution is 2.10. The number of aromatic nitrogens is 2. The predicted octanol–water partition coefficient (Wildman–Crippen LogP) is -0.0435. The van der Waals surface area contributed by atoms with Crippen molar-refractivity contribution in [3.8, 4) is 0 Å². The van der Waals surface area contributed by atoms with Gasteiger partial charge in [-0.3, -0.25) is 4.68 Å². The Kier molecular flexibility index (Phi) is 2.28. The van der Waals surface area contributed by atoms with Crippen LogP contribution in [0.25, 0.3) is 0 Å². The summed E-state index contributed by atoms with van der Waals surface area (Å²) in [6.07, 6.45) is 3.11. The molecule has 4 nitrogen and oxygen atoms in total. The Labute approximate surface area is 72.0 Å². The van der Waals surface area contributed by atoms with Gasteiger partial charge < -0.3 is 9.90 Å². The summed E-state index contributed by atoms with van der Waals surface area (Å²) in [4.78, 5) is 10.3. The van der Waals surface area contributed by atoms with Crippen molar-refractivity contribution >= 4 is 21.9 Å². The SMILES string of the molecule is C[C@@H](C(=O)[O-])n1cc(Br)cn1. The van der Waals surface area contributed by atoms with Crippen LogP contribution in [0.3, 0.4) is 0 Å². The number of nitrogens with zero attached hydrogens (tertiary/aromatic N) is 2. The van der Waals surface area contributed by atoms with E-state index < -0.39 is 12.0 Å². The van der Waals surface area contributed by atoms with E-state index in [0.717, 1.165) is 4.47 Å². The number of carbonyl (C=O) groups is 1. The molecule has 0 aliphatic carbocycles. The fourth-order valence-corrected chi connectivity index (χ4v) is 0.936. The van der Waals surface area contributed by atoms with Crippen LogP contribution < -0.4 is 5.11 Å². The molecule has 1 aromatic heterocycles. The van der Waals surface area contributed by atoms with Gasteiger partial charge in [-0.1, -0.05) is 0 Å². The van der Waals surface area contributed by atoms with E-state index in [2.05, 4.69) is 21.0 Å². The number of carboxylic acids is 1. The van der Waals surface area contributed by atoms with Gasteiger partial charge in [-0.05, 0) is 22.9 Å². The molecular weight excluding hydrogens is 212 g/mol. The lowest BCUT2D eigenvalue weighted by Gasteiger charge is -2.11. The Morgan fingerprint density at radius 2 is 2.55 bits per heavy atom. The first-order valence-electron chi connectivity index (χ1n) is 3.02. The Bertz CT molecular complexity index is 271. The van der Waals surface area contributed by atoms with Gasteiger partial charge in [-0.2, -0.15) is 5.10 Å². The highest BCUT2D eigenvalue weighted by molar-refractivity contribution is 9.10. The average Bonchev–Trinajstić information content (AvgIpc) is 2.34. The van der Waals surface area contributed by atoms with Crippen molar-refractivity contribution in [1.82, 2.24) is 9.78 Å². The van der Waals surface area contributed by atoms with Gasteiger partial charge in [0.1, 0.15) is 0 Å². The van der Waals surface area contributed by atoms with Crippen LogP contribution in [-0.4, -0.2) is 15.7 Å². The van der Waals surface area contributed by atoms with Gasteiger partial charge in [0, 0.05) is 6.20 Å². The second-order valence-corrected chi connectivity index (χ2v) is 3.05. The van der Waals surface area contributed by atoms with E-state index in [1.165, 1.54) is 17.8 Å². The molecule has 0 spiro atoms. The molecule has 0 amide bonds. The van der Waals surface area contributed by atoms with Gasteiger partial charge in [0.2, 0.25) is 0 Å². The van der Waals surface area contributed by atoms with Crippen molar-refractivity contribution in [3.05, 3.63) is 16.9 Å². The maximum atomic E-state index is 10.3. The predicted molar refractivity (Wildman–Crippen MR) is 39.6 cm³/mol. The van der Waals surface area contributed by atoms with Crippen LogP contribution in [0.15, 0.2) is 16.9 Å². The fraction of sp³-hybridized carbons (Fsp3) is 0.333. The summed E-state index contributed by atoms with van der Waals surface area (Å²) < 4.78 is 2.07. The topological polar surface area (TPSA) is 57.9 Å². The van der Waals surface area contributed by atoms with Gasteiger partial charge in [0.05, 0.1) is 22.7 Å². The van der Waals surface area contributed by atoms with Crippen molar-refractivity contribution < 1.29 is 9.90 Å². The van der Waals surface area contributed by atoms with E-state index in [4.69, 9.17) is 0 Å². The lowest BCUT2D eigenvalue weighted by atomic mass is 10.4. The monoisotopic (exact) mass is 217 g/mol. The molecule has 0 aliphatic rings. The average molecular weight is 218 g/mol. The molecule has 1 rings (SSSR count). The summed E-state index contributed by atoms with van der Waals surface area (Å²) in [5, 5.41) is 14.1. The number of carboxylic acid groups (broad SMARTS) is 1. The van der Waals surface area contributed by atoms with Crippen molar-refractivity contribution in [2.45, 2.75) is 13.0 Å².